The molecule has 1 aromatic carbocycles. The van der Waals surface area contributed by atoms with Gasteiger partial charge < -0.3 is 5.32 Å². The lowest BCUT2D eigenvalue weighted by Gasteiger charge is -2.21. The minimum absolute atomic E-state index is 0.00621. The number of hydrogen-bond donors (Lipinski definition) is 2. The summed E-state index contributed by atoms with van der Waals surface area (Å²) in [6.45, 7) is 6.75. The van der Waals surface area contributed by atoms with E-state index in [4.69, 9.17) is 0 Å². The zero-order valence-corrected chi connectivity index (χ0v) is 20.6. The van der Waals surface area contributed by atoms with Crippen molar-refractivity contribution in [2.24, 2.45) is 0 Å². The highest BCUT2D eigenvalue weighted by Crippen LogP contribution is 2.30. The smallest absolute Gasteiger partial charge is 0.257 e. The first-order valence-electron chi connectivity index (χ1n) is 12.3. The number of H-pyrrole nitrogens is 1. The second-order valence-electron chi connectivity index (χ2n) is 8.85. The van der Waals surface area contributed by atoms with E-state index in [1.165, 1.54) is 35.1 Å². The largest absolute Gasteiger partial charge is 0.304 e. The second kappa shape index (κ2) is 10.4. The highest BCUT2D eigenvalue weighted by atomic mass is 19.1. The molecule has 8 nitrogen and oxygen atoms in total. The molecule has 5 rings (SSSR count). The van der Waals surface area contributed by atoms with Gasteiger partial charge in [-0.3, -0.25) is 14.8 Å². The molecule has 0 unspecified atom stereocenters. The molecule has 5 aromatic rings. The summed E-state index contributed by atoms with van der Waals surface area (Å²) in [7, 11) is 0. The van der Waals surface area contributed by atoms with Gasteiger partial charge in [0.1, 0.15) is 11.5 Å². The van der Waals surface area contributed by atoms with Crippen molar-refractivity contribution in [1.82, 2.24) is 29.7 Å². The summed E-state index contributed by atoms with van der Waals surface area (Å²) in [6.07, 6.45) is 5.08. The third-order valence-electron chi connectivity index (χ3n) is 6.41. The molecule has 0 atom stereocenters. The predicted molar refractivity (Wildman–Crippen MR) is 138 cm³/mol. The molecule has 4 aromatic heterocycles. The van der Waals surface area contributed by atoms with Crippen molar-refractivity contribution in [3.05, 3.63) is 77.6 Å². The van der Waals surface area contributed by atoms with E-state index < -0.39 is 11.6 Å². The molecule has 0 radical (unpaired) electrons. The van der Waals surface area contributed by atoms with Crippen molar-refractivity contribution >= 4 is 28.3 Å². The van der Waals surface area contributed by atoms with Crippen LogP contribution >= 0.6 is 0 Å². The zero-order chi connectivity index (χ0) is 25.9. The third kappa shape index (κ3) is 4.92. The van der Waals surface area contributed by atoms with Crippen molar-refractivity contribution in [3.8, 4) is 11.3 Å². The number of rotatable bonds is 9. The number of amides is 1. The van der Waals surface area contributed by atoms with Crippen LogP contribution in [0.5, 0.6) is 0 Å². The number of unbranched alkanes of at least 4 members (excludes halogenated alkanes) is 1. The number of nitrogens with one attached hydrogen (secondary N) is 2. The molecule has 0 aliphatic rings. The Morgan fingerprint density at radius 1 is 1.16 bits per heavy atom. The summed E-state index contributed by atoms with van der Waals surface area (Å²) < 4.78 is 30.5. The Morgan fingerprint density at radius 2 is 2.00 bits per heavy atom. The number of fused-ring (bicyclic) bond motifs is 2. The van der Waals surface area contributed by atoms with E-state index in [1.807, 2.05) is 18.2 Å². The zero-order valence-electron chi connectivity index (χ0n) is 20.6. The van der Waals surface area contributed by atoms with E-state index in [-0.39, 0.29) is 23.1 Å². The lowest BCUT2D eigenvalue weighted by Crippen LogP contribution is -2.26. The van der Waals surface area contributed by atoms with Crippen LogP contribution in [0.2, 0.25) is 0 Å². The monoisotopic (exact) mass is 503 g/mol. The van der Waals surface area contributed by atoms with Gasteiger partial charge in [-0.25, -0.2) is 18.3 Å². The van der Waals surface area contributed by atoms with Gasteiger partial charge in [-0.05, 0) is 43.3 Å². The molecular formula is C27H27F2N7O. The summed E-state index contributed by atoms with van der Waals surface area (Å²) in [6, 6.07) is 11.2. The lowest BCUT2D eigenvalue weighted by atomic mass is 10.1. The molecule has 0 spiro atoms. The molecule has 1 amide bonds. The van der Waals surface area contributed by atoms with Gasteiger partial charge in [-0.1, -0.05) is 38.5 Å². The molecule has 0 saturated carbocycles. The van der Waals surface area contributed by atoms with Crippen molar-refractivity contribution in [3.63, 3.8) is 0 Å². The summed E-state index contributed by atoms with van der Waals surface area (Å²) in [5.41, 5.74) is 2.46. The molecule has 10 heteroatoms. The average molecular weight is 504 g/mol. The standard InChI is InChI=1S/C27H27F2N7O/c1-3-5-11-35(4-2)16-17-8-6-7-9-19(17)27(37)32-26-20-14-22(29)24(31-25(20)33-34-26)21-15-30-36-12-10-18(28)13-23(21)36/h6-10,12-15H,3-5,11,16H2,1-2H3,(H2,31,32,33,34,37). The number of carbonyl (C=O) groups is 1. The molecule has 0 fully saturated rings. The maximum Gasteiger partial charge on any atom is 0.257 e. The van der Waals surface area contributed by atoms with Gasteiger partial charge >= 0.3 is 0 Å². The van der Waals surface area contributed by atoms with Gasteiger partial charge in [0, 0.05) is 29.9 Å². The fraction of sp³-hybridized carbons (Fsp3) is 0.259. The Hall–Kier alpha value is -4.18. The highest BCUT2D eigenvalue weighted by molar-refractivity contribution is 6.08. The second-order valence-corrected chi connectivity index (χ2v) is 8.85. The number of aromatic nitrogens is 5. The number of anilines is 1. The molecule has 0 aliphatic carbocycles. The first-order valence-corrected chi connectivity index (χ1v) is 12.3. The maximum atomic E-state index is 15.2. The number of aromatic amines is 1. The summed E-state index contributed by atoms with van der Waals surface area (Å²) in [5, 5.41) is 14.2. The van der Waals surface area contributed by atoms with Gasteiger partial charge in [-0.2, -0.15) is 10.2 Å². The van der Waals surface area contributed by atoms with E-state index >= 15 is 4.39 Å². The highest BCUT2D eigenvalue weighted by Gasteiger charge is 2.20. The maximum absolute atomic E-state index is 15.2. The van der Waals surface area contributed by atoms with E-state index in [0.29, 0.717) is 28.6 Å². The molecule has 4 heterocycles. The van der Waals surface area contributed by atoms with E-state index in [0.717, 1.165) is 31.5 Å². The summed E-state index contributed by atoms with van der Waals surface area (Å²) >= 11 is 0. The first-order chi connectivity index (χ1) is 18.0. The van der Waals surface area contributed by atoms with Crippen molar-refractivity contribution < 1.29 is 13.6 Å². The number of pyridine rings is 2. The van der Waals surface area contributed by atoms with Crippen LogP contribution in [0, 0.1) is 11.6 Å². The summed E-state index contributed by atoms with van der Waals surface area (Å²) in [4.78, 5) is 19.9. The van der Waals surface area contributed by atoms with E-state index in [1.54, 1.807) is 6.07 Å². The molecule has 37 heavy (non-hydrogen) atoms. The van der Waals surface area contributed by atoms with Gasteiger partial charge in [0.25, 0.3) is 5.91 Å². The quantitative estimate of drug-likeness (QED) is 0.280. The molecule has 2 N–H and O–H groups in total. The van der Waals surface area contributed by atoms with Gasteiger partial charge in [0.05, 0.1) is 17.1 Å². The Balaban J connectivity index is 1.43. The molecule has 0 saturated heterocycles. The normalized spacial score (nSPS) is 11.6. The fourth-order valence-corrected chi connectivity index (χ4v) is 4.37. The Bertz CT molecular complexity index is 1580. The number of halogens is 2. The first kappa shape index (κ1) is 24.5. The molecule has 190 valence electrons. The van der Waals surface area contributed by atoms with Crippen LogP contribution in [0.4, 0.5) is 14.6 Å². The van der Waals surface area contributed by atoms with Crippen molar-refractivity contribution in [2.45, 2.75) is 33.2 Å². The van der Waals surface area contributed by atoms with Crippen molar-refractivity contribution in [1.29, 1.82) is 0 Å². The number of benzene rings is 1. The van der Waals surface area contributed by atoms with Gasteiger partial charge in [0.15, 0.2) is 17.3 Å². The van der Waals surface area contributed by atoms with Crippen LogP contribution in [0.15, 0.2) is 54.9 Å². The van der Waals surface area contributed by atoms with Crippen LogP contribution in [-0.2, 0) is 6.54 Å². The van der Waals surface area contributed by atoms with Crippen LogP contribution in [-0.4, -0.2) is 48.7 Å². The van der Waals surface area contributed by atoms with E-state index in [2.05, 4.69) is 44.3 Å². The number of carbonyl (C=O) groups excluding carboxylic acids is 1. The van der Waals surface area contributed by atoms with Crippen LogP contribution in [0.25, 0.3) is 27.8 Å². The third-order valence-corrected chi connectivity index (χ3v) is 6.41. The molecule has 0 aliphatic heterocycles. The summed E-state index contributed by atoms with van der Waals surface area (Å²) in [5.74, 6) is -1.26. The minimum atomic E-state index is -0.640. The van der Waals surface area contributed by atoms with Crippen LogP contribution in [0.3, 0.4) is 0 Å². The minimum Gasteiger partial charge on any atom is -0.304 e. The molecule has 0 bridgehead atoms. The average Bonchev–Trinajstić information content (AvgIpc) is 3.49. The van der Waals surface area contributed by atoms with Crippen LogP contribution in [0.1, 0.15) is 42.6 Å². The van der Waals surface area contributed by atoms with Gasteiger partial charge in [-0.15, -0.1) is 0 Å². The topological polar surface area (TPSA) is 91.2 Å². The Morgan fingerprint density at radius 3 is 2.81 bits per heavy atom. The van der Waals surface area contributed by atoms with Crippen molar-refractivity contribution in [2.75, 3.05) is 18.4 Å². The molecular weight excluding hydrogens is 476 g/mol. The van der Waals surface area contributed by atoms with Gasteiger partial charge in [0.2, 0.25) is 0 Å². The van der Waals surface area contributed by atoms with Crippen LogP contribution < -0.4 is 5.32 Å². The fourth-order valence-electron chi connectivity index (χ4n) is 4.37. The Labute approximate surface area is 212 Å². The Kier molecular flexibility index (Phi) is 6.91. The number of hydrogen-bond acceptors (Lipinski definition) is 5. The van der Waals surface area contributed by atoms with E-state index in [9.17, 15) is 9.18 Å². The predicted octanol–water partition coefficient (Wildman–Crippen LogP) is 5.43. The lowest BCUT2D eigenvalue weighted by molar-refractivity contribution is 0.102. The number of nitrogens with zero attached hydrogens (tertiary/aromatic N) is 5. The SMILES string of the molecule is CCCCN(CC)Cc1ccccc1C(=O)Nc1n[nH]c2nc(-c3cnn4ccc(F)cc34)c(F)cc12.